The fraction of sp³-hybridized carbons (Fsp3) is 0.464. The Kier molecular flexibility index (Phi) is 7.99. The maximum absolute atomic E-state index is 14.2. The quantitative estimate of drug-likeness (QED) is 0.389. The SMILES string of the molecule is C=CCC1(C)CC(c2cccc(Cl)c2)C(c2ccc(Cl)cc2)N([C@@H](CC)CC(C)(C)O)C1=O. The highest BCUT2D eigenvalue weighted by atomic mass is 35.5. The Balaban J connectivity index is 2.23. The molecule has 1 aliphatic rings. The lowest BCUT2D eigenvalue weighted by Gasteiger charge is -2.52. The summed E-state index contributed by atoms with van der Waals surface area (Å²) in [7, 11) is 0. The first-order valence-corrected chi connectivity index (χ1v) is 12.4. The zero-order valence-corrected chi connectivity index (χ0v) is 21.5. The predicted octanol–water partition coefficient (Wildman–Crippen LogP) is 7.57. The van der Waals surface area contributed by atoms with Gasteiger partial charge in [0.05, 0.1) is 17.1 Å². The van der Waals surface area contributed by atoms with Crippen molar-refractivity contribution in [1.82, 2.24) is 4.90 Å². The molecule has 1 heterocycles. The minimum Gasteiger partial charge on any atom is -0.390 e. The zero-order chi connectivity index (χ0) is 24.4. The number of carbonyl (C=O) groups excluding carboxylic acids is 1. The highest BCUT2D eigenvalue weighted by molar-refractivity contribution is 6.30. The summed E-state index contributed by atoms with van der Waals surface area (Å²) in [6.07, 6.45) is 4.34. The van der Waals surface area contributed by atoms with E-state index in [2.05, 4.69) is 19.6 Å². The molecule has 5 heteroatoms. The zero-order valence-electron chi connectivity index (χ0n) is 20.0. The smallest absolute Gasteiger partial charge is 0.229 e. The number of halogens is 2. The second-order valence-electron chi connectivity index (χ2n) is 10.2. The fourth-order valence-electron chi connectivity index (χ4n) is 5.30. The van der Waals surface area contributed by atoms with Crippen molar-refractivity contribution in [2.75, 3.05) is 0 Å². The molecule has 2 aromatic rings. The second-order valence-corrected chi connectivity index (χ2v) is 11.1. The number of hydrogen-bond donors (Lipinski definition) is 1. The van der Waals surface area contributed by atoms with Crippen LogP contribution in [-0.2, 0) is 4.79 Å². The van der Waals surface area contributed by atoms with Crippen LogP contribution in [0.2, 0.25) is 10.0 Å². The number of carbonyl (C=O) groups is 1. The first-order valence-electron chi connectivity index (χ1n) is 11.7. The number of piperidine rings is 1. The molecule has 1 N–H and O–H groups in total. The fourth-order valence-corrected chi connectivity index (χ4v) is 5.63. The van der Waals surface area contributed by atoms with Gasteiger partial charge < -0.3 is 10.0 Å². The molecule has 0 aromatic heterocycles. The summed E-state index contributed by atoms with van der Waals surface area (Å²) in [5.74, 6) is 0.139. The Morgan fingerprint density at radius 1 is 1.18 bits per heavy atom. The molecule has 0 aliphatic carbocycles. The molecule has 1 aliphatic heterocycles. The van der Waals surface area contributed by atoms with Gasteiger partial charge in [-0.2, -0.15) is 0 Å². The molecule has 1 amide bonds. The van der Waals surface area contributed by atoms with Crippen molar-refractivity contribution in [3.63, 3.8) is 0 Å². The Hall–Kier alpha value is -1.81. The van der Waals surface area contributed by atoms with Crippen LogP contribution in [0.15, 0.2) is 61.2 Å². The third-order valence-electron chi connectivity index (χ3n) is 6.79. The topological polar surface area (TPSA) is 40.5 Å². The van der Waals surface area contributed by atoms with Crippen molar-refractivity contribution in [3.8, 4) is 0 Å². The van der Waals surface area contributed by atoms with E-state index in [1.807, 2.05) is 60.4 Å². The number of amides is 1. The molecule has 3 unspecified atom stereocenters. The minimum absolute atomic E-state index is 0.0309. The number of aliphatic hydroxyl groups is 1. The Labute approximate surface area is 208 Å². The third kappa shape index (κ3) is 5.82. The number of likely N-dealkylation sites (tertiary alicyclic amines) is 1. The van der Waals surface area contributed by atoms with Crippen LogP contribution in [-0.4, -0.2) is 27.6 Å². The van der Waals surface area contributed by atoms with Crippen molar-refractivity contribution in [3.05, 3.63) is 82.4 Å². The monoisotopic (exact) mass is 487 g/mol. The molecular weight excluding hydrogens is 453 g/mol. The maximum Gasteiger partial charge on any atom is 0.229 e. The van der Waals surface area contributed by atoms with Crippen LogP contribution in [0.5, 0.6) is 0 Å². The van der Waals surface area contributed by atoms with Crippen molar-refractivity contribution in [2.24, 2.45) is 5.41 Å². The summed E-state index contributed by atoms with van der Waals surface area (Å²) in [5, 5.41) is 12.0. The van der Waals surface area contributed by atoms with Crippen LogP contribution < -0.4 is 0 Å². The molecule has 0 spiro atoms. The standard InChI is InChI=1S/C28H35Cl2NO2/c1-6-15-28(5)18-24(20-9-8-10-22(30)16-20)25(19-11-13-21(29)14-12-19)31(26(28)32)23(7-2)17-27(3,4)33/h6,8-14,16,23-25,33H,1,7,15,17-18H2,2-5H3/t23-,24?,25?,28?/m0/s1. The number of nitrogens with zero attached hydrogens (tertiary/aromatic N) is 1. The van der Waals surface area contributed by atoms with Gasteiger partial charge in [-0.1, -0.05) is 67.4 Å². The lowest BCUT2D eigenvalue weighted by Crippen LogP contribution is -2.56. The molecule has 178 valence electrons. The van der Waals surface area contributed by atoms with Gasteiger partial charge in [-0.3, -0.25) is 4.79 Å². The van der Waals surface area contributed by atoms with Crippen molar-refractivity contribution >= 4 is 29.1 Å². The van der Waals surface area contributed by atoms with Gasteiger partial charge in [0.15, 0.2) is 0 Å². The van der Waals surface area contributed by atoms with Gasteiger partial charge in [-0.15, -0.1) is 6.58 Å². The van der Waals surface area contributed by atoms with Gasteiger partial charge in [0.25, 0.3) is 0 Å². The van der Waals surface area contributed by atoms with Gasteiger partial charge in [0.1, 0.15) is 0 Å². The highest BCUT2D eigenvalue weighted by Gasteiger charge is 2.51. The van der Waals surface area contributed by atoms with E-state index in [1.165, 1.54) is 0 Å². The number of hydrogen-bond acceptors (Lipinski definition) is 2. The number of benzene rings is 2. The predicted molar refractivity (Wildman–Crippen MR) is 138 cm³/mol. The van der Waals surface area contributed by atoms with E-state index in [0.717, 1.165) is 17.5 Å². The molecule has 2 aromatic carbocycles. The van der Waals surface area contributed by atoms with Crippen LogP contribution in [0.1, 0.15) is 76.5 Å². The molecule has 3 rings (SSSR count). The van der Waals surface area contributed by atoms with E-state index in [0.29, 0.717) is 29.3 Å². The van der Waals surface area contributed by atoms with E-state index in [9.17, 15) is 9.90 Å². The summed E-state index contributed by atoms with van der Waals surface area (Å²) in [4.78, 5) is 16.2. The lowest BCUT2D eigenvalue weighted by atomic mass is 9.66. The van der Waals surface area contributed by atoms with E-state index >= 15 is 0 Å². The molecular formula is C28H35Cl2NO2. The molecule has 0 radical (unpaired) electrons. The minimum atomic E-state index is -0.899. The van der Waals surface area contributed by atoms with Crippen LogP contribution in [0.3, 0.4) is 0 Å². The molecule has 0 saturated carbocycles. The molecule has 3 nitrogen and oxygen atoms in total. The van der Waals surface area contributed by atoms with E-state index in [-0.39, 0.29) is 23.9 Å². The second kappa shape index (κ2) is 10.2. The van der Waals surface area contributed by atoms with Crippen molar-refractivity contribution in [1.29, 1.82) is 0 Å². The van der Waals surface area contributed by atoms with Crippen molar-refractivity contribution in [2.45, 2.75) is 77.0 Å². The van der Waals surface area contributed by atoms with E-state index in [4.69, 9.17) is 23.2 Å². The summed E-state index contributed by atoms with van der Waals surface area (Å²) in [6, 6.07) is 15.4. The van der Waals surface area contributed by atoms with E-state index < -0.39 is 11.0 Å². The van der Waals surface area contributed by atoms with Gasteiger partial charge in [-0.05, 0) is 74.9 Å². The highest BCUT2D eigenvalue weighted by Crippen LogP contribution is 2.52. The first kappa shape index (κ1) is 25.8. The molecule has 4 atom stereocenters. The molecule has 33 heavy (non-hydrogen) atoms. The number of rotatable bonds is 8. The van der Waals surface area contributed by atoms with Crippen LogP contribution >= 0.6 is 23.2 Å². The third-order valence-corrected chi connectivity index (χ3v) is 7.27. The number of allylic oxidation sites excluding steroid dienone is 1. The summed E-state index contributed by atoms with van der Waals surface area (Å²) < 4.78 is 0. The normalized spacial score (nSPS) is 24.6. The largest absolute Gasteiger partial charge is 0.390 e. The summed E-state index contributed by atoms with van der Waals surface area (Å²) >= 11 is 12.6. The molecule has 1 saturated heterocycles. The van der Waals surface area contributed by atoms with Gasteiger partial charge in [0, 0.05) is 22.0 Å². The van der Waals surface area contributed by atoms with Gasteiger partial charge in [-0.25, -0.2) is 0 Å². The van der Waals surface area contributed by atoms with Gasteiger partial charge >= 0.3 is 0 Å². The van der Waals surface area contributed by atoms with Crippen LogP contribution in [0, 0.1) is 5.41 Å². The van der Waals surface area contributed by atoms with E-state index in [1.54, 1.807) is 13.8 Å². The average molecular weight is 488 g/mol. The summed E-state index contributed by atoms with van der Waals surface area (Å²) in [6.45, 7) is 11.7. The Morgan fingerprint density at radius 3 is 2.39 bits per heavy atom. The Bertz CT molecular complexity index is 982. The van der Waals surface area contributed by atoms with Crippen LogP contribution in [0.25, 0.3) is 0 Å². The average Bonchev–Trinajstić information content (AvgIpc) is 2.74. The Morgan fingerprint density at radius 2 is 1.85 bits per heavy atom. The molecule has 1 fully saturated rings. The molecule has 0 bridgehead atoms. The first-order chi connectivity index (χ1) is 15.5. The van der Waals surface area contributed by atoms with Crippen molar-refractivity contribution < 1.29 is 9.90 Å². The lowest BCUT2D eigenvalue weighted by molar-refractivity contribution is -0.156. The van der Waals surface area contributed by atoms with Crippen LogP contribution in [0.4, 0.5) is 0 Å². The van der Waals surface area contributed by atoms with Gasteiger partial charge in [0.2, 0.25) is 5.91 Å². The maximum atomic E-state index is 14.2. The summed E-state index contributed by atoms with van der Waals surface area (Å²) in [5.41, 5.74) is 0.648.